The zero-order chi connectivity index (χ0) is 30.2. The molecule has 1 fully saturated rings. The van der Waals surface area contributed by atoms with Crippen LogP contribution in [-0.4, -0.2) is 77.5 Å². The summed E-state index contributed by atoms with van der Waals surface area (Å²) < 4.78 is 7.63. The molecule has 5 rings (SSSR count). The number of carbonyl (C=O) groups is 2. The maximum atomic E-state index is 13.7. The summed E-state index contributed by atoms with van der Waals surface area (Å²) in [5, 5.41) is 0.700. The molecule has 1 atom stereocenters. The van der Waals surface area contributed by atoms with Crippen LogP contribution in [-0.2, 0) is 11.3 Å². The van der Waals surface area contributed by atoms with E-state index in [9.17, 15) is 9.59 Å². The van der Waals surface area contributed by atoms with Crippen molar-refractivity contribution in [1.82, 2.24) is 19.4 Å². The number of halogens is 1. The van der Waals surface area contributed by atoms with Gasteiger partial charge in [0, 0.05) is 49.2 Å². The number of fused-ring (bicyclic) bond motifs is 1. The third-order valence-electron chi connectivity index (χ3n) is 8.47. The topological polar surface area (TPSA) is 67.7 Å². The molecule has 0 N–H and O–H groups in total. The highest BCUT2D eigenvalue weighted by atomic mass is 35.5. The lowest BCUT2D eigenvalue weighted by Gasteiger charge is -2.33. The van der Waals surface area contributed by atoms with E-state index in [0.29, 0.717) is 42.7 Å². The minimum Gasteiger partial charge on any atom is -0.380 e. The van der Waals surface area contributed by atoms with Gasteiger partial charge >= 0.3 is 0 Å². The highest BCUT2D eigenvalue weighted by molar-refractivity contribution is 6.30. The third-order valence-corrected chi connectivity index (χ3v) is 8.71. The van der Waals surface area contributed by atoms with Gasteiger partial charge in [-0.2, -0.15) is 0 Å². The molecule has 0 bridgehead atoms. The molecule has 226 valence electrons. The van der Waals surface area contributed by atoms with Crippen molar-refractivity contribution >= 4 is 34.3 Å². The van der Waals surface area contributed by atoms with Gasteiger partial charge in [-0.3, -0.25) is 9.59 Å². The number of likely N-dealkylation sites (tertiary alicyclic amines) is 1. The number of amides is 1. The van der Waals surface area contributed by atoms with Gasteiger partial charge in [0.05, 0.1) is 17.6 Å². The summed E-state index contributed by atoms with van der Waals surface area (Å²) >= 11 is 6.36. The first-order valence-corrected chi connectivity index (χ1v) is 15.7. The number of hydrogen-bond acceptors (Lipinski definition) is 5. The Labute approximate surface area is 259 Å². The first-order chi connectivity index (χ1) is 20.9. The fourth-order valence-electron chi connectivity index (χ4n) is 6.07. The number of nitrogens with zero attached hydrogens (tertiary/aromatic N) is 4. The quantitative estimate of drug-likeness (QED) is 0.128. The van der Waals surface area contributed by atoms with Crippen LogP contribution >= 0.6 is 11.6 Å². The Morgan fingerprint density at radius 3 is 2.49 bits per heavy atom. The predicted octanol–water partition coefficient (Wildman–Crippen LogP) is 6.57. The van der Waals surface area contributed by atoms with Gasteiger partial charge in [0.2, 0.25) is 5.78 Å². The number of Topliss-reactive ketones (excluding diaryl/α,β-unsaturated/α-hetero) is 1. The molecule has 0 spiro atoms. The van der Waals surface area contributed by atoms with Crippen LogP contribution in [0.5, 0.6) is 0 Å². The van der Waals surface area contributed by atoms with Crippen LogP contribution in [0.15, 0.2) is 78.9 Å². The highest BCUT2D eigenvalue weighted by Gasteiger charge is 2.30. The number of hydrogen-bond donors (Lipinski definition) is 0. The molecule has 1 aliphatic rings. The molecule has 1 aliphatic heterocycles. The SMILES string of the molecule is CCOCCn1c(C(=O)C2CCN(CCC(CN(C)C(=O)c3ccccc3)c3cccc(Cl)c3)CC2)nc2ccccc21. The van der Waals surface area contributed by atoms with Gasteiger partial charge in [-0.15, -0.1) is 0 Å². The van der Waals surface area contributed by atoms with Crippen molar-refractivity contribution in [2.75, 3.05) is 46.4 Å². The maximum Gasteiger partial charge on any atom is 0.253 e. The van der Waals surface area contributed by atoms with Crippen LogP contribution in [0, 0.1) is 5.92 Å². The van der Waals surface area contributed by atoms with Gasteiger partial charge in [-0.1, -0.05) is 54.1 Å². The van der Waals surface area contributed by atoms with Crippen molar-refractivity contribution in [2.45, 2.75) is 38.6 Å². The van der Waals surface area contributed by atoms with E-state index in [-0.39, 0.29) is 23.5 Å². The molecule has 4 aromatic rings. The van der Waals surface area contributed by atoms with Gasteiger partial charge in [-0.25, -0.2) is 4.98 Å². The molecule has 0 aliphatic carbocycles. The van der Waals surface area contributed by atoms with Crippen LogP contribution in [0.3, 0.4) is 0 Å². The number of para-hydroxylation sites is 2. The van der Waals surface area contributed by atoms with E-state index in [1.165, 1.54) is 0 Å². The number of piperidine rings is 1. The fraction of sp³-hybridized carbons (Fsp3) is 0.400. The van der Waals surface area contributed by atoms with E-state index in [0.717, 1.165) is 55.5 Å². The molecule has 3 aromatic carbocycles. The molecule has 1 amide bonds. The minimum absolute atomic E-state index is 0.0132. The Kier molecular flexibility index (Phi) is 10.6. The first kappa shape index (κ1) is 30.9. The van der Waals surface area contributed by atoms with Crippen LogP contribution in [0.25, 0.3) is 11.0 Å². The van der Waals surface area contributed by atoms with Crippen molar-refractivity contribution in [1.29, 1.82) is 0 Å². The normalized spacial score (nSPS) is 15.0. The number of likely N-dealkylation sites (N-methyl/N-ethyl adjacent to an activating group) is 1. The first-order valence-electron chi connectivity index (χ1n) is 15.3. The largest absolute Gasteiger partial charge is 0.380 e. The second-order valence-electron chi connectivity index (χ2n) is 11.3. The van der Waals surface area contributed by atoms with E-state index < -0.39 is 0 Å². The van der Waals surface area contributed by atoms with Crippen molar-refractivity contribution in [3.05, 3.63) is 101 Å². The average Bonchev–Trinajstić information content (AvgIpc) is 3.41. The standard InChI is InChI=1S/C35H41ClN4O3/c1-3-43-23-22-40-32-15-8-7-14-31(32)37-34(40)33(41)26-16-19-39(20-17-26)21-18-29(28-12-9-13-30(36)24-28)25-38(2)35(42)27-10-5-4-6-11-27/h4-15,24,26,29H,3,16-23,25H2,1-2H3. The van der Waals surface area contributed by atoms with Gasteiger partial charge < -0.3 is 19.1 Å². The average molecular weight is 601 g/mol. The van der Waals surface area contributed by atoms with Crippen molar-refractivity contribution in [3.8, 4) is 0 Å². The molecule has 1 saturated heterocycles. The molecule has 1 aromatic heterocycles. The van der Waals surface area contributed by atoms with Crippen LogP contribution in [0.1, 0.15) is 58.6 Å². The highest BCUT2D eigenvalue weighted by Crippen LogP contribution is 2.28. The molecule has 0 saturated carbocycles. The Balaban J connectivity index is 1.21. The van der Waals surface area contributed by atoms with Gasteiger partial charge in [0.1, 0.15) is 0 Å². The number of rotatable bonds is 13. The molecule has 0 radical (unpaired) electrons. The van der Waals surface area contributed by atoms with Gasteiger partial charge in [-0.05, 0) is 87.8 Å². The number of imidazole rings is 1. The zero-order valence-electron chi connectivity index (χ0n) is 25.1. The summed E-state index contributed by atoms with van der Waals surface area (Å²) in [5.74, 6) is 0.786. The van der Waals surface area contributed by atoms with Gasteiger partial charge in [0.25, 0.3) is 5.91 Å². The molecule has 7 nitrogen and oxygen atoms in total. The molecule has 43 heavy (non-hydrogen) atoms. The number of ketones is 1. The van der Waals surface area contributed by atoms with E-state index in [2.05, 4.69) is 11.0 Å². The monoisotopic (exact) mass is 600 g/mol. The predicted molar refractivity (Wildman–Crippen MR) is 172 cm³/mol. The summed E-state index contributed by atoms with van der Waals surface area (Å²) in [6.07, 6.45) is 2.50. The van der Waals surface area contributed by atoms with E-state index in [1.807, 2.05) is 96.2 Å². The summed E-state index contributed by atoms with van der Waals surface area (Å²) in [4.78, 5) is 35.8. The smallest absolute Gasteiger partial charge is 0.253 e. The second kappa shape index (κ2) is 14.8. The summed E-state index contributed by atoms with van der Waals surface area (Å²) in [6, 6.07) is 25.3. The lowest BCUT2D eigenvalue weighted by atomic mass is 9.90. The van der Waals surface area contributed by atoms with Crippen LogP contribution in [0.2, 0.25) is 5.02 Å². The lowest BCUT2D eigenvalue weighted by molar-refractivity contribution is 0.0779. The zero-order valence-corrected chi connectivity index (χ0v) is 25.9. The number of benzene rings is 3. The van der Waals surface area contributed by atoms with E-state index >= 15 is 0 Å². The molecule has 8 heteroatoms. The van der Waals surface area contributed by atoms with E-state index in [4.69, 9.17) is 21.3 Å². The fourth-order valence-corrected chi connectivity index (χ4v) is 6.27. The Bertz CT molecular complexity index is 1510. The Hall–Kier alpha value is -3.52. The molecular weight excluding hydrogens is 560 g/mol. The van der Waals surface area contributed by atoms with E-state index in [1.54, 1.807) is 0 Å². The van der Waals surface area contributed by atoms with Crippen molar-refractivity contribution in [2.24, 2.45) is 5.92 Å². The summed E-state index contributed by atoms with van der Waals surface area (Å²) in [6.45, 7) is 6.99. The number of aromatic nitrogens is 2. The summed E-state index contributed by atoms with van der Waals surface area (Å²) in [5.41, 5.74) is 3.65. The number of carbonyl (C=O) groups excluding carboxylic acids is 2. The lowest BCUT2D eigenvalue weighted by Crippen LogP contribution is -2.38. The molecule has 1 unspecified atom stereocenters. The van der Waals surface area contributed by atoms with Crippen molar-refractivity contribution in [3.63, 3.8) is 0 Å². The Morgan fingerprint density at radius 1 is 1.00 bits per heavy atom. The number of ether oxygens (including phenoxy) is 1. The minimum atomic E-state index is -0.0442. The molecular formula is C35H41ClN4O3. The Morgan fingerprint density at radius 2 is 1.74 bits per heavy atom. The van der Waals surface area contributed by atoms with Gasteiger partial charge in [0.15, 0.2) is 5.82 Å². The van der Waals surface area contributed by atoms with Crippen LogP contribution < -0.4 is 0 Å². The second-order valence-corrected chi connectivity index (χ2v) is 11.8. The maximum absolute atomic E-state index is 13.7. The van der Waals surface area contributed by atoms with Crippen molar-refractivity contribution < 1.29 is 14.3 Å². The van der Waals surface area contributed by atoms with Crippen LogP contribution in [0.4, 0.5) is 0 Å². The molecule has 2 heterocycles. The third kappa shape index (κ3) is 7.71. The summed E-state index contributed by atoms with van der Waals surface area (Å²) in [7, 11) is 1.87.